The lowest BCUT2D eigenvalue weighted by Crippen LogP contribution is -2.34. The van der Waals surface area contributed by atoms with Crippen LogP contribution in [0.25, 0.3) is 0 Å². The van der Waals surface area contributed by atoms with Crippen molar-refractivity contribution in [2.24, 2.45) is 11.8 Å². The number of hydrogen-bond acceptors (Lipinski definition) is 4. The Morgan fingerprint density at radius 1 is 1.48 bits per heavy atom. The maximum atomic E-state index is 12.6. The molecule has 0 bridgehead atoms. The quantitative estimate of drug-likeness (QED) is 0.829. The highest BCUT2D eigenvalue weighted by Gasteiger charge is 2.25. The van der Waals surface area contributed by atoms with Gasteiger partial charge in [-0.3, -0.25) is 4.79 Å². The molecule has 3 unspecified atom stereocenters. The minimum absolute atomic E-state index is 0.0463. The predicted molar refractivity (Wildman–Crippen MR) is 99.4 cm³/mol. The molecule has 2 aliphatic rings. The zero-order valence-corrected chi connectivity index (χ0v) is 15.6. The van der Waals surface area contributed by atoms with Gasteiger partial charge in [-0.1, -0.05) is 6.92 Å². The number of hydrogen-bond donors (Lipinski definition) is 2. The van der Waals surface area contributed by atoms with E-state index in [1.807, 2.05) is 19.1 Å². The Hall–Kier alpha value is -1.75. The van der Waals surface area contributed by atoms with E-state index in [4.69, 9.17) is 9.47 Å². The Balaban J connectivity index is 1.66. The van der Waals surface area contributed by atoms with Crippen LogP contribution in [0.1, 0.15) is 45.6 Å². The average molecular weight is 346 g/mol. The zero-order valence-electron chi connectivity index (χ0n) is 15.6. The summed E-state index contributed by atoms with van der Waals surface area (Å²) in [7, 11) is 0. The van der Waals surface area contributed by atoms with Crippen LogP contribution in [-0.4, -0.2) is 31.7 Å². The average Bonchev–Trinajstić information content (AvgIpc) is 2.95. The number of ether oxygens (including phenoxy) is 2. The van der Waals surface area contributed by atoms with Gasteiger partial charge in [-0.2, -0.15) is 0 Å². The molecule has 3 rings (SSSR count). The lowest BCUT2D eigenvalue weighted by molar-refractivity contribution is -0.117. The molecule has 3 atom stereocenters. The van der Waals surface area contributed by atoms with Crippen LogP contribution in [0.5, 0.6) is 11.5 Å². The molecule has 2 heterocycles. The second-order valence-corrected chi connectivity index (χ2v) is 7.36. The van der Waals surface area contributed by atoms with E-state index in [9.17, 15) is 4.79 Å². The third-order valence-corrected chi connectivity index (χ3v) is 5.22. The summed E-state index contributed by atoms with van der Waals surface area (Å²) in [5, 5.41) is 6.47. The molecule has 1 amide bonds. The molecule has 2 N–H and O–H groups in total. The molecule has 1 aromatic rings. The van der Waals surface area contributed by atoms with Crippen molar-refractivity contribution in [1.29, 1.82) is 0 Å². The molecule has 0 radical (unpaired) electrons. The maximum Gasteiger partial charge on any atom is 0.224 e. The fourth-order valence-electron chi connectivity index (χ4n) is 3.84. The smallest absolute Gasteiger partial charge is 0.224 e. The SMILES string of the molecule is CCOc1cc2c(cc1NC(=O)CC(C)C1CCCNC1)OC(C)C2. The van der Waals surface area contributed by atoms with Crippen LogP contribution in [0.15, 0.2) is 12.1 Å². The van der Waals surface area contributed by atoms with Gasteiger partial charge in [0, 0.05) is 24.5 Å². The van der Waals surface area contributed by atoms with E-state index in [0.29, 0.717) is 30.6 Å². The van der Waals surface area contributed by atoms with Gasteiger partial charge in [0.1, 0.15) is 17.6 Å². The molecule has 2 aliphatic heterocycles. The van der Waals surface area contributed by atoms with E-state index in [0.717, 1.165) is 36.6 Å². The van der Waals surface area contributed by atoms with Crippen molar-refractivity contribution in [1.82, 2.24) is 5.32 Å². The predicted octanol–water partition coefficient (Wildman–Crippen LogP) is 3.37. The molecule has 0 saturated carbocycles. The Morgan fingerprint density at radius 2 is 2.32 bits per heavy atom. The second kappa shape index (κ2) is 8.09. The molecule has 1 fully saturated rings. The Labute approximate surface area is 150 Å². The van der Waals surface area contributed by atoms with Crippen molar-refractivity contribution in [2.75, 3.05) is 25.0 Å². The van der Waals surface area contributed by atoms with E-state index in [1.54, 1.807) is 0 Å². The molecule has 138 valence electrons. The summed E-state index contributed by atoms with van der Waals surface area (Å²) in [6, 6.07) is 3.92. The van der Waals surface area contributed by atoms with Crippen molar-refractivity contribution in [2.45, 2.75) is 52.6 Å². The van der Waals surface area contributed by atoms with Crippen LogP contribution in [0.2, 0.25) is 0 Å². The molecule has 0 aromatic heterocycles. The van der Waals surface area contributed by atoms with Gasteiger partial charge < -0.3 is 20.1 Å². The highest BCUT2D eigenvalue weighted by molar-refractivity contribution is 5.93. The van der Waals surface area contributed by atoms with Crippen molar-refractivity contribution < 1.29 is 14.3 Å². The third kappa shape index (κ3) is 4.46. The standard InChI is InChI=1S/C20H30N2O3/c1-4-24-19-10-16-9-14(3)25-18(16)11-17(19)22-20(23)8-13(2)15-6-5-7-21-12-15/h10-11,13-15,21H,4-9,12H2,1-3H3,(H,22,23). The van der Waals surface area contributed by atoms with Gasteiger partial charge in [0.15, 0.2) is 0 Å². The van der Waals surface area contributed by atoms with Gasteiger partial charge in [-0.05, 0) is 57.7 Å². The number of amides is 1. The summed E-state index contributed by atoms with van der Waals surface area (Å²) in [6.07, 6.45) is 4.00. The summed E-state index contributed by atoms with van der Waals surface area (Å²) in [4.78, 5) is 12.6. The van der Waals surface area contributed by atoms with Crippen LogP contribution in [-0.2, 0) is 11.2 Å². The lowest BCUT2D eigenvalue weighted by Gasteiger charge is -2.28. The van der Waals surface area contributed by atoms with Gasteiger partial charge in [0.05, 0.1) is 12.3 Å². The molecule has 1 saturated heterocycles. The molecular formula is C20H30N2O3. The van der Waals surface area contributed by atoms with Crippen LogP contribution in [0, 0.1) is 11.8 Å². The Kier molecular flexibility index (Phi) is 5.84. The first-order valence-electron chi connectivity index (χ1n) is 9.53. The highest BCUT2D eigenvalue weighted by atomic mass is 16.5. The van der Waals surface area contributed by atoms with Crippen LogP contribution >= 0.6 is 0 Å². The van der Waals surface area contributed by atoms with E-state index in [1.165, 1.54) is 12.8 Å². The van der Waals surface area contributed by atoms with Gasteiger partial charge >= 0.3 is 0 Å². The van der Waals surface area contributed by atoms with Crippen molar-refractivity contribution in [3.63, 3.8) is 0 Å². The first kappa shape index (κ1) is 18.1. The Bertz CT molecular complexity index is 611. The van der Waals surface area contributed by atoms with Crippen molar-refractivity contribution in [3.05, 3.63) is 17.7 Å². The minimum atomic E-state index is 0.0463. The van der Waals surface area contributed by atoms with E-state index in [2.05, 4.69) is 24.5 Å². The highest BCUT2D eigenvalue weighted by Crippen LogP contribution is 2.38. The van der Waals surface area contributed by atoms with E-state index in [-0.39, 0.29) is 12.0 Å². The van der Waals surface area contributed by atoms with Gasteiger partial charge in [0.25, 0.3) is 0 Å². The lowest BCUT2D eigenvalue weighted by atomic mass is 9.85. The number of carbonyl (C=O) groups is 1. The summed E-state index contributed by atoms with van der Waals surface area (Å²) < 4.78 is 11.6. The monoisotopic (exact) mass is 346 g/mol. The number of anilines is 1. The number of nitrogens with one attached hydrogen (secondary N) is 2. The van der Waals surface area contributed by atoms with E-state index >= 15 is 0 Å². The fraction of sp³-hybridized carbons (Fsp3) is 0.650. The van der Waals surface area contributed by atoms with Gasteiger partial charge in [-0.15, -0.1) is 0 Å². The zero-order chi connectivity index (χ0) is 17.8. The largest absolute Gasteiger partial charge is 0.492 e. The molecule has 5 heteroatoms. The summed E-state index contributed by atoms with van der Waals surface area (Å²) >= 11 is 0. The fourth-order valence-corrected chi connectivity index (χ4v) is 3.84. The minimum Gasteiger partial charge on any atom is -0.492 e. The second-order valence-electron chi connectivity index (χ2n) is 7.36. The van der Waals surface area contributed by atoms with Gasteiger partial charge in [-0.25, -0.2) is 0 Å². The number of benzene rings is 1. The van der Waals surface area contributed by atoms with E-state index < -0.39 is 0 Å². The molecule has 0 aliphatic carbocycles. The first-order valence-corrected chi connectivity index (χ1v) is 9.53. The number of fused-ring (bicyclic) bond motifs is 1. The van der Waals surface area contributed by atoms with Crippen molar-refractivity contribution in [3.8, 4) is 11.5 Å². The first-order chi connectivity index (χ1) is 12.1. The normalized spacial score (nSPS) is 23.5. The molecular weight excluding hydrogens is 316 g/mol. The molecule has 25 heavy (non-hydrogen) atoms. The van der Waals surface area contributed by atoms with Crippen LogP contribution in [0.4, 0.5) is 5.69 Å². The summed E-state index contributed by atoms with van der Waals surface area (Å²) in [6.45, 7) is 8.87. The van der Waals surface area contributed by atoms with Crippen LogP contribution in [0.3, 0.4) is 0 Å². The topological polar surface area (TPSA) is 59.6 Å². The number of rotatable bonds is 6. The Morgan fingerprint density at radius 3 is 3.04 bits per heavy atom. The maximum absolute atomic E-state index is 12.6. The number of piperidine rings is 1. The summed E-state index contributed by atoms with van der Waals surface area (Å²) in [5.74, 6) is 2.59. The number of carbonyl (C=O) groups excluding carboxylic acids is 1. The third-order valence-electron chi connectivity index (χ3n) is 5.22. The molecule has 1 aromatic carbocycles. The van der Waals surface area contributed by atoms with Crippen LogP contribution < -0.4 is 20.1 Å². The van der Waals surface area contributed by atoms with Crippen molar-refractivity contribution >= 4 is 11.6 Å². The van der Waals surface area contributed by atoms with Gasteiger partial charge in [0.2, 0.25) is 5.91 Å². The molecule has 5 nitrogen and oxygen atoms in total. The summed E-state index contributed by atoms with van der Waals surface area (Å²) in [5.41, 5.74) is 1.87. The molecule has 0 spiro atoms.